The number of rotatable bonds is 4. The van der Waals surface area contributed by atoms with Crippen molar-refractivity contribution in [2.75, 3.05) is 0 Å². The Morgan fingerprint density at radius 1 is 1.42 bits per heavy atom. The van der Waals surface area contributed by atoms with E-state index in [0.29, 0.717) is 0 Å². The Morgan fingerprint density at radius 3 is 2.69 bits per heavy atom. The first-order valence-corrected chi connectivity index (χ1v) is 7.39. The van der Waals surface area contributed by atoms with Crippen molar-refractivity contribution < 1.29 is 18.3 Å². The molecule has 0 aliphatic carbocycles. The number of pyridine rings is 1. The molecule has 0 saturated heterocycles. The minimum Gasteiger partial charge on any atom is -0.494 e. The number of hydrogen-bond acceptors (Lipinski definition) is 4. The molecule has 0 fully saturated rings. The summed E-state index contributed by atoms with van der Waals surface area (Å²) in [5.74, 6) is -0.442. The van der Waals surface area contributed by atoms with Crippen LogP contribution in [0.2, 0.25) is 0 Å². The Kier molecular flexibility index (Phi) is 5.31. The SMILES string of the molecule is C=CCn1c(O)c(C=Nc2cccc(C(F)(F)F)c2)c(C)c(C#N)c1=O. The van der Waals surface area contributed by atoms with Crippen LogP contribution in [-0.4, -0.2) is 15.9 Å². The summed E-state index contributed by atoms with van der Waals surface area (Å²) in [6.45, 7) is 4.89. The fourth-order valence-corrected chi connectivity index (χ4v) is 2.33. The van der Waals surface area contributed by atoms with Crippen LogP contribution in [0.5, 0.6) is 5.88 Å². The predicted octanol–water partition coefficient (Wildman–Crippen LogP) is 3.69. The minimum atomic E-state index is -4.51. The second kappa shape index (κ2) is 7.27. The molecule has 0 aliphatic rings. The van der Waals surface area contributed by atoms with E-state index in [1.165, 1.54) is 25.1 Å². The molecule has 1 heterocycles. The van der Waals surface area contributed by atoms with Gasteiger partial charge in [0.1, 0.15) is 11.6 Å². The molecule has 0 radical (unpaired) electrons. The van der Waals surface area contributed by atoms with Crippen LogP contribution in [0.4, 0.5) is 18.9 Å². The van der Waals surface area contributed by atoms with Crippen molar-refractivity contribution in [2.24, 2.45) is 4.99 Å². The van der Waals surface area contributed by atoms with Crippen LogP contribution in [0.3, 0.4) is 0 Å². The van der Waals surface area contributed by atoms with Crippen LogP contribution in [0, 0.1) is 18.3 Å². The number of alkyl halides is 3. The third kappa shape index (κ3) is 3.67. The number of aliphatic imine (C=N–C) groups is 1. The fourth-order valence-electron chi connectivity index (χ4n) is 2.33. The van der Waals surface area contributed by atoms with Crippen molar-refractivity contribution in [1.82, 2.24) is 4.57 Å². The number of allylic oxidation sites excluding steroid dienone is 1. The van der Waals surface area contributed by atoms with E-state index in [4.69, 9.17) is 0 Å². The van der Waals surface area contributed by atoms with Gasteiger partial charge in [-0.2, -0.15) is 18.4 Å². The smallest absolute Gasteiger partial charge is 0.416 e. The van der Waals surface area contributed by atoms with Gasteiger partial charge in [-0.1, -0.05) is 12.1 Å². The molecule has 0 atom stereocenters. The summed E-state index contributed by atoms with van der Waals surface area (Å²) >= 11 is 0. The highest BCUT2D eigenvalue weighted by Gasteiger charge is 2.30. The molecule has 134 valence electrons. The maximum absolute atomic E-state index is 12.8. The second-order valence-corrected chi connectivity index (χ2v) is 5.36. The number of nitriles is 1. The molecule has 0 aliphatic heterocycles. The Morgan fingerprint density at radius 2 is 2.12 bits per heavy atom. The van der Waals surface area contributed by atoms with Crippen LogP contribution >= 0.6 is 0 Å². The summed E-state index contributed by atoms with van der Waals surface area (Å²) in [7, 11) is 0. The highest BCUT2D eigenvalue weighted by molar-refractivity contribution is 5.87. The van der Waals surface area contributed by atoms with Crippen LogP contribution in [0.25, 0.3) is 0 Å². The molecule has 5 nitrogen and oxygen atoms in total. The van der Waals surface area contributed by atoms with Gasteiger partial charge in [0.15, 0.2) is 0 Å². The molecule has 1 N–H and O–H groups in total. The lowest BCUT2D eigenvalue weighted by Crippen LogP contribution is -2.24. The average molecular weight is 361 g/mol. The minimum absolute atomic E-state index is 0.0126. The monoisotopic (exact) mass is 361 g/mol. The van der Waals surface area contributed by atoms with E-state index >= 15 is 0 Å². The first-order chi connectivity index (χ1) is 12.2. The van der Waals surface area contributed by atoms with E-state index in [-0.39, 0.29) is 28.9 Å². The van der Waals surface area contributed by atoms with E-state index in [9.17, 15) is 28.3 Å². The highest BCUT2D eigenvalue weighted by atomic mass is 19.4. The molecule has 0 spiro atoms. The maximum Gasteiger partial charge on any atom is 0.416 e. The Balaban J connectivity index is 2.58. The quantitative estimate of drug-likeness (QED) is 0.666. The van der Waals surface area contributed by atoms with Gasteiger partial charge >= 0.3 is 6.18 Å². The molecule has 8 heteroatoms. The molecule has 2 rings (SSSR count). The molecule has 0 saturated carbocycles. The van der Waals surface area contributed by atoms with E-state index in [1.807, 2.05) is 0 Å². The van der Waals surface area contributed by atoms with Crippen LogP contribution in [0.1, 0.15) is 22.3 Å². The third-order valence-electron chi connectivity index (χ3n) is 3.67. The van der Waals surface area contributed by atoms with Crippen LogP contribution in [-0.2, 0) is 12.7 Å². The Bertz CT molecular complexity index is 983. The van der Waals surface area contributed by atoms with Gasteiger partial charge in [0.2, 0.25) is 5.88 Å². The van der Waals surface area contributed by atoms with Gasteiger partial charge in [-0.3, -0.25) is 14.4 Å². The molecule has 1 aromatic carbocycles. The molecule has 1 aromatic heterocycles. The van der Waals surface area contributed by atoms with Gasteiger partial charge < -0.3 is 5.11 Å². The Hall–Kier alpha value is -3.34. The van der Waals surface area contributed by atoms with Gasteiger partial charge in [-0.05, 0) is 30.7 Å². The zero-order chi connectivity index (χ0) is 19.5. The van der Waals surface area contributed by atoms with Crippen LogP contribution in [0.15, 0.2) is 46.7 Å². The normalized spacial score (nSPS) is 11.5. The summed E-state index contributed by atoms with van der Waals surface area (Å²) in [5, 5.41) is 19.5. The predicted molar refractivity (Wildman–Crippen MR) is 90.7 cm³/mol. The fraction of sp³-hybridized carbons (Fsp3) is 0.167. The molecular formula is C18H14F3N3O2. The number of benzene rings is 1. The van der Waals surface area contributed by atoms with Crippen molar-refractivity contribution >= 4 is 11.9 Å². The lowest BCUT2D eigenvalue weighted by Gasteiger charge is -2.12. The molecular weight excluding hydrogens is 347 g/mol. The van der Waals surface area contributed by atoms with Gasteiger partial charge in [0, 0.05) is 12.8 Å². The van der Waals surface area contributed by atoms with Crippen molar-refractivity contribution in [1.29, 1.82) is 5.26 Å². The summed E-state index contributed by atoms with van der Waals surface area (Å²) < 4.78 is 39.2. The lowest BCUT2D eigenvalue weighted by atomic mass is 10.1. The van der Waals surface area contributed by atoms with Gasteiger partial charge in [-0.25, -0.2) is 0 Å². The highest BCUT2D eigenvalue weighted by Crippen LogP contribution is 2.31. The summed E-state index contributed by atoms with van der Waals surface area (Å²) in [5.41, 5.74) is -1.46. The zero-order valence-electron chi connectivity index (χ0n) is 13.7. The van der Waals surface area contributed by atoms with Gasteiger partial charge in [0.05, 0.1) is 16.8 Å². The van der Waals surface area contributed by atoms with Crippen molar-refractivity contribution in [3.05, 3.63) is 69.5 Å². The molecule has 26 heavy (non-hydrogen) atoms. The maximum atomic E-state index is 12.8. The summed E-state index contributed by atoms with van der Waals surface area (Å²) in [6, 6.07) is 6.11. The first-order valence-electron chi connectivity index (χ1n) is 7.39. The van der Waals surface area contributed by atoms with E-state index in [0.717, 1.165) is 22.9 Å². The average Bonchev–Trinajstić information content (AvgIpc) is 2.58. The molecule has 0 bridgehead atoms. The van der Waals surface area contributed by atoms with Gasteiger partial charge in [0.25, 0.3) is 5.56 Å². The van der Waals surface area contributed by atoms with Crippen molar-refractivity contribution in [3.63, 3.8) is 0 Å². The molecule has 0 unspecified atom stereocenters. The Labute approximate surface area is 147 Å². The molecule has 0 amide bonds. The summed E-state index contributed by atoms with van der Waals surface area (Å²) in [6.07, 6.45) is -2.01. The zero-order valence-corrected chi connectivity index (χ0v) is 13.7. The largest absolute Gasteiger partial charge is 0.494 e. The number of hydrogen-bond donors (Lipinski definition) is 1. The third-order valence-corrected chi connectivity index (χ3v) is 3.67. The number of halogens is 3. The lowest BCUT2D eigenvalue weighted by molar-refractivity contribution is -0.137. The van der Waals surface area contributed by atoms with Crippen molar-refractivity contribution in [3.8, 4) is 11.9 Å². The molecule has 2 aromatic rings. The van der Waals surface area contributed by atoms with Crippen molar-refractivity contribution in [2.45, 2.75) is 19.6 Å². The van der Waals surface area contributed by atoms with E-state index in [1.54, 1.807) is 6.07 Å². The first kappa shape index (κ1) is 19.0. The second-order valence-electron chi connectivity index (χ2n) is 5.36. The topological polar surface area (TPSA) is 78.4 Å². The van der Waals surface area contributed by atoms with E-state index in [2.05, 4.69) is 11.6 Å². The standard InChI is InChI=1S/C18H14F3N3O2/c1-3-7-24-16(25)14(9-22)11(2)15(17(24)26)10-23-13-6-4-5-12(8-13)18(19,20)21/h3-6,8,10,26H,1,7H2,2H3. The number of aromatic hydroxyl groups is 1. The van der Waals surface area contributed by atoms with Crippen LogP contribution < -0.4 is 5.56 Å². The number of aromatic nitrogens is 1. The van der Waals surface area contributed by atoms with E-state index < -0.39 is 23.2 Å². The van der Waals surface area contributed by atoms with Gasteiger partial charge in [-0.15, -0.1) is 6.58 Å². The summed E-state index contributed by atoms with van der Waals surface area (Å²) in [4.78, 5) is 16.1. The number of nitrogens with zero attached hydrogens (tertiary/aromatic N) is 3.